The third-order valence-electron chi connectivity index (χ3n) is 5.81. The molecule has 2 aliphatic heterocycles. The van der Waals surface area contributed by atoms with Crippen LogP contribution in [0.15, 0.2) is 48.5 Å². The van der Waals surface area contributed by atoms with Gasteiger partial charge in [-0.2, -0.15) is 13.2 Å². The average molecular weight is 432 g/mol. The second-order valence-corrected chi connectivity index (χ2v) is 8.09. The molecule has 0 spiro atoms. The number of benzene rings is 2. The smallest absolute Gasteiger partial charge is 0.370 e. The van der Waals surface area contributed by atoms with Gasteiger partial charge in [-0.25, -0.2) is 0 Å². The molecule has 1 unspecified atom stereocenters. The molecule has 6 nitrogen and oxygen atoms in total. The first-order valence-corrected chi connectivity index (χ1v) is 10.0. The largest absolute Gasteiger partial charge is 0.395 e. The van der Waals surface area contributed by atoms with E-state index in [-0.39, 0.29) is 25.4 Å². The number of hydrogen-bond acceptors (Lipinski definition) is 4. The third kappa shape index (κ3) is 4.76. The Morgan fingerprint density at radius 3 is 2.10 bits per heavy atom. The van der Waals surface area contributed by atoms with E-state index in [9.17, 15) is 22.8 Å². The molecule has 4 rings (SSSR count). The summed E-state index contributed by atoms with van der Waals surface area (Å²) in [6.45, 7) is 0.766. The van der Waals surface area contributed by atoms with Crippen molar-refractivity contribution in [1.29, 1.82) is 0 Å². The molecule has 2 aromatic rings. The van der Waals surface area contributed by atoms with E-state index in [2.05, 4.69) is 5.32 Å². The monoisotopic (exact) mass is 432 g/mol. The molecule has 1 atom stereocenters. The highest BCUT2D eigenvalue weighted by Gasteiger charge is 2.47. The SMILES string of the molecule is NC(=O)C1CC(=O)N(Cc2ccc(Nc3ccc(N4CC(C(F)(F)F)C4)cc3)cc2)C1. The lowest BCUT2D eigenvalue weighted by Gasteiger charge is -2.41. The maximum Gasteiger partial charge on any atom is 0.395 e. The fourth-order valence-corrected chi connectivity index (χ4v) is 3.85. The Kier molecular flexibility index (Phi) is 5.51. The van der Waals surface area contributed by atoms with Gasteiger partial charge in [-0.05, 0) is 42.0 Å². The van der Waals surface area contributed by atoms with Crippen molar-refractivity contribution in [2.24, 2.45) is 17.6 Å². The van der Waals surface area contributed by atoms with E-state index in [1.807, 2.05) is 36.4 Å². The van der Waals surface area contributed by atoms with Crippen molar-refractivity contribution in [2.75, 3.05) is 29.9 Å². The lowest BCUT2D eigenvalue weighted by atomic mass is 9.98. The molecular formula is C22H23F3N4O2. The number of likely N-dealkylation sites (tertiary alicyclic amines) is 1. The van der Waals surface area contributed by atoms with E-state index in [4.69, 9.17) is 5.73 Å². The quantitative estimate of drug-likeness (QED) is 0.735. The first-order valence-electron chi connectivity index (χ1n) is 10.0. The minimum absolute atomic E-state index is 0.00253. The van der Waals surface area contributed by atoms with Crippen molar-refractivity contribution in [3.63, 3.8) is 0 Å². The normalized spacial score (nSPS) is 19.5. The molecule has 9 heteroatoms. The van der Waals surface area contributed by atoms with Crippen molar-refractivity contribution in [2.45, 2.75) is 19.1 Å². The van der Waals surface area contributed by atoms with Crippen molar-refractivity contribution in [1.82, 2.24) is 4.90 Å². The number of hydrogen-bond donors (Lipinski definition) is 2. The molecule has 2 aromatic carbocycles. The summed E-state index contributed by atoms with van der Waals surface area (Å²) in [6.07, 6.45) is -3.96. The second kappa shape index (κ2) is 8.13. The van der Waals surface area contributed by atoms with E-state index < -0.39 is 23.9 Å². The zero-order chi connectivity index (χ0) is 22.2. The van der Waals surface area contributed by atoms with Crippen LogP contribution in [0.3, 0.4) is 0 Å². The summed E-state index contributed by atoms with van der Waals surface area (Å²) in [4.78, 5) is 26.6. The number of nitrogens with two attached hydrogens (primary N) is 1. The van der Waals surface area contributed by atoms with Gasteiger partial charge < -0.3 is 20.9 Å². The molecule has 2 fully saturated rings. The standard InChI is InChI=1S/C22H23F3N4O2/c23-22(24,25)16-12-28(13-16)19-7-5-18(6-8-19)27-17-3-1-14(2-4-17)10-29-11-15(21(26)31)9-20(29)30/h1-8,15-16,27H,9-13H2,(H2,26,31). The maximum absolute atomic E-state index is 12.6. The highest BCUT2D eigenvalue weighted by molar-refractivity contribution is 5.88. The van der Waals surface area contributed by atoms with E-state index in [0.717, 1.165) is 22.6 Å². The van der Waals surface area contributed by atoms with Crippen LogP contribution in [0.2, 0.25) is 0 Å². The Balaban J connectivity index is 1.30. The van der Waals surface area contributed by atoms with Gasteiger partial charge in [0.15, 0.2) is 0 Å². The zero-order valence-electron chi connectivity index (χ0n) is 16.7. The van der Waals surface area contributed by atoms with Crippen LogP contribution in [0.25, 0.3) is 0 Å². The first-order chi connectivity index (χ1) is 14.7. The fourth-order valence-electron chi connectivity index (χ4n) is 3.85. The molecule has 0 saturated carbocycles. The van der Waals surface area contributed by atoms with Crippen molar-refractivity contribution < 1.29 is 22.8 Å². The molecule has 31 heavy (non-hydrogen) atoms. The Morgan fingerprint density at radius 2 is 1.58 bits per heavy atom. The van der Waals surface area contributed by atoms with Crippen LogP contribution in [0.5, 0.6) is 0 Å². The highest BCUT2D eigenvalue weighted by Crippen LogP contribution is 2.36. The minimum atomic E-state index is -4.13. The van der Waals surface area contributed by atoms with Crippen molar-refractivity contribution in [3.05, 3.63) is 54.1 Å². The fraction of sp³-hybridized carbons (Fsp3) is 0.364. The van der Waals surface area contributed by atoms with Gasteiger partial charge in [0.25, 0.3) is 0 Å². The van der Waals surface area contributed by atoms with Crippen LogP contribution in [-0.4, -0.2) is 42.5 Å². The summed E-state index contributed by atoms with van der Waals surface area (Å²) in [5.41, 5.74) is 8.68. The number of halogens is 3. The first kappa shape index (κ1) is 21.0. The second-order valence-electron chi connectivity index (χ2n) is 8.09. The number of amides is 2. The number of nitrogens with one attached hydrogen (secondary N) is 1. The molecule has 0 aliphatic carbocycles. The molecular weight excluding hydrogens is 409 g/mol. The molecule has 2 saturated heterocycles. The predicted octanol–water partition coefficient (Wildman–Crippen LogP) is 3.26. The molecule has 0 bridgehead atoms. The van der Waals surface area contributed by atoms with Crippen molar-refractivity contribution >= 4 is 28.9 Å². The number of carbonyl (C=O) groups excluding carboxylic acids is 2. The van der Waals surface area contributed by atoms with Crippen LogP contribution in [0.1, 0.15) is 12.0 Å². The number of primary amides is 1. The molecule has 3 N–H and O–H groups in total. The Hall–Kier alpha value is -3.23. The van der Waals surface area contributed by atoms with Crippen LogP contribution in [-0.2, 0) is 16.1 Å². The molecule has 2 heterocycles. The third-order valence-corrected chi connectivity index (χ3v) is 5.81. The number of anilines is 3. The van der Waals surface area contributed by atoms with Crippen LogP contribution in [0, 0.1) is 11.8 Å². The summed E-state index contributed by atoms with van der Waals surface area (Å²) in [5, 5.41) is 3.25. The minimum Gasteiger partial charge on any atom is -0.370 e. The Bertz CT molecular complexity index is 954. The lowest BCUT2D eigenvalue weighted by molar-refractivity contribution is -0.180. The summed E-state index contributed by atoms with van der Waals surface area (Å²) < 4.78 is 37.9. The summed E-state index contributed by atoms with van der Waals surface area (Å²) >= 11 is 0. The van der Waals surface area contributed by atoms with Crippen molar-refractivity contribution in [3.8, 4) is 0 Å². The topological polar surface area (TPSA) is 78.7 Å². The van der Waals surface area contributed by atoms with Gasteiger partial charge in [0.1, 0.15) is 0 Å². The van der Waals surface area contributed by atoms with E-state index in [1.165, 1.54) is 0 Å². The number of rotatable bonds is 6. The van der Waals surface area contributed by atoms with Gasteiger partial charge in [-0.3, -0.25) is 9.59 Å². The zero-order valence-corrected chi connectivity index (χ0v) is 16.7. The molecule has 164 valence electrons. The average Bonchev–Trinajstić information content (AvgIpc) is 3.03. The van der Waals surface area contributed by atoms with Crippen LogP contribution < -0.4 is 16.0 Å². The Morgan fingerprint density at radius 1 is 1.00 bits per heavy atom. The van der Waals surface area contributed by atoms with Gasteiger partial charge in [0.05, 0.1) is 11.8 Å². The highest BCUT2D eigenvalue weighted by atomic mass is 19.4. The summed E-state index contributed by atoms with van der Waals surface area (Å²) in [7, 11) is 0. The van der Waals surface area contributed by atoms with Gasteiger partial charge in [0.2, 0.25) is 11.8 Å². The van der Waals surface area contributed by atoms with E-state index in [1.54, 1.807) is 21.9 Å². The summed E-state index contributed by atoms with van der Waals surface area (Å²) in [6, 6.07) is 14.8. The Labute approximate surface area is 177 Å². The number of carbonyl (C=O) groups is 2. The van der Waals surface area contributed by atoms with E-state index >= 15 is 0 Å². The van der Waals surface area contributed by atoms with Crippen LogP contribution in [0.4, 0.5) is 30.2 Å². The summed E-state index contributed by atoms with van der Waals surface area (Å²) in [5.74, 6) is -2.20. The van der Waals surface area contributed by atoms with Gasteiger partial charge in [0, 0.05) is 49.7 Å². The molecule has 2 amide bonds. The number of alkyl halides is 3. The number of nitrogens with zero attached hydrogens (tertiary/aromatic N) is 2. The molecule has 2 aliphatic rings. The van der Waals surface area contributed by atoms with Gasteiger partial charge >= 0.3 is 6.18 Å². The van der Waals surface area contributed by atoms with Gasteiger partial charge in [-0.1, -0.05) is 12.1 Å². The van der Waals surface area contributed by atoms with E-state index in [0.29, 0.717) is 13.1 Å². The van der Waals surface area contributed by atoms with Crippen LogP contribution >= 0.6 is 0 Å². The molecule has 0 radical (unpaired) electrons. The lowest BCUT2D eigenvalue weighted by Crippen LogP contribution is -2.53. The predicted molar refractivity (Wildman–Crippen MR) is 111 cm³/mol. The maximum atomic E-state index is 12.6. The molecule has 0 aromatic heterocycles. The van der Waals surface area contributed by atoms with Gasteiger partial charge in [-0.15, -0.1) is 0 Å².